The lowest BCUT2D eigenvalue weighted by atomic mass is 9.92. The second kappa shape index (κ2) is 18.7. The molecule has 50 heavy (non-hydrogen) atoms. The summed E-state index contributed by atoms with van der Waals surface area (Å²) in [6.07, 6.45) is 1.35. The number of carboxylic acids is 2. The third-order valence-corrected chi connectivity index (χ3v) is 9.05. The highest BCUT2D eigenvalue weighted by molar-refractivity contribution is 6.32. The van der Waals surface area contributed by atoms with E-state index in [-0.39, 0.29) is 26.1 Å². The molecule has 4 aromatic rings. The van der Waals surface area contributed by atoms with E-state index in [0.717, 1.165) is 55.9 Å². The van der Waals surface area contributed by atoms with Crippen LogP contribution in [0.2, 0.25) is 10.0 Å². The van der Waals surface area contributed by atoms with E-state index in [2.05, 4.69) is 46.6 Å². The third kappa shape index (κ3) is 10.9. The Balaban J connectivity index is 1.40. The molecule has 10 nitrogen and oxygen atoms in total. The van der Waals surface area contributed by atoms with Crippen molar-refractivity contribution in [3.05, 3.63) is 103 Å². The lowest BCUT2D eigenvalue weighted by molar-refractivity contribution is -0.138. The van der Waals surface area contributed by atoms with Crippen LogP contribution in [-0.2, 0) is 35.9 Å². The first-order valence-electron chi connectivity index (χ1n) is 16.5. The molecule has 0 unspecified atom stereocenters. The molecule has 0 fully saturated rings. The summed E-state index contributed by atoms with van der Waals surface area (Å²) < 4.78 is 12.2. The smallest absolute Gasteiger partial charge is 0.303 e. The van der Waals surface area contributed by atoms with E-state index in [4.69, 9.17) is 42.9 Å². The van der Waals surface area contributed by atoms with E-state index < -0.39 is 11.9 Å². The normalized spacial score (nSPS) is 11.1. The highest BCUT2D eigenvalue weighted by Gasteiger charge is 2.15. The number of pyridine rings is 2. The summed E-state index contributed by atoms with van der Waals surface area (Å²) >= 11 is 13.1. The van der Waals surface area contributed by atoms with E-state index in [1.165, 1.54) is 0 Å². The maximum Gasteiger partial charge on any atom is 0.303 e. The topological polar surface area (TPSA) is 143 Å². The summed E-state index contributed by atoms with van der Waals surface area (Å²) in [7, 11) is 0. The van der Waals surface area contributed by atoms with Crippen LogP contribution in [0.15, 0.2) is 48.5 Å². The molecule has 0 amide bonds. The van der Waals surface area contributed by atoms with E-state index >= 15 is 0 Å². The summed E-state index contributed by atoms with van der Waals surface area (Å²) in [4.78, 5) is 30.6. The van der Waals surface area contributed by atoms with Gasteiger partial charge in [-0.05, 0) is 110 Å². The number of nitrogens with one attached hydrogen (secondary N) is 2. The number of rotatable bonds is 19. The Morgan fingerprint density at radius 2 is 1.06 bits per heavy atom. The molecule has 2 aromatic heterocycles. The molecule has 2 aromatic carbocycles. The summed E-state index contributed by atoms with van der Waals surface area (Å²) in [6, 6.07) is 16.0. The number of nitrogens with zero attached hydrogens (tertiary/aromatic N) is 2. The largest absolute Gasteiger partial charge is 0.481 e. The molecule has 0 aliphatic carbocycles. The predicted molar refractivity (Wildman–Crippen MR) is 195 cm³/mol. The van der Waals surface area contributed by atoms with Crippen molar-refractivity contribution in [2.45, 2.75) is 79.7 Å². The average Bonchev–Trinajstić information content (AvgIpc) is 3.06. The Labute approximate surface area is 303 Å². The van der Waals surface area contributed by atoms with Gasteiger partial charge in [0.2, 0.25) is 11.8 Å². The van der Waals surface area contributed by atoms with E-state index in [1.54, 1.807) is 0 Å². The zero-order valence-electron chi connectivity index (χ0n) is 28.9. The number of aryl methyl sites for hydroxylation is 2. The van der Waals surface area contributed by atoms with Crippen LogP contribution in [0.1, 0.15) is 70.5 Å². The van der Waals surface area contributed by atoms with Gasteiger partial charge in [-0.3, -0.25) is 9.59 Å². The van der Waals surface area contributed by atoms with Gasteiger partial charge in [0.25, 0.3) is 0 Å². The second-order valence-electron chi connectivity index (χ2n) is 12.1. The zero-order chi connectivity index (χ0) is 36.2. The summed E-state index contributed by atoms with van der Waals surface area (Å²) in [5.74, 6) is -0.886. The van der Waals surface area contributed by atoms with Gasteiger partial charge in [-0.15, -0.1) is 0 Å². The van der Waals surface area contributed by atoms with Crippen molar-refractivity contribution in [2.24, 2.45) is 0 Å². The number of hydrogen-bond donors (Lipinski definition) is 4. The van der Waals surface area contributed by atoms with Gasteiger partial charge in [0.1, 0.15) is 23.3 Å². The third-order valence-electron chi connectivity index (χ3n) is 8.51. The SMILES string of the molecule is Cc1nc(OCc2cccc(-c3cccc(COc4nc(C)c(CNCCCC(=O)O)cc4Cl)c3C)c2C)c(Cl)cc1CNCCCC(=O)O. The number of carbonyl (C=O) groups is 2. The highest BCUT2D eigenvalue weighted by atomic mass is 35.5. The van der Waals surface area contributed by atoms with Crippen molar-refractivity contribution in [3.63, 3.8) is 0 Å². The zero-order valence-corrected chi connectivity index (χ0v) is 30.4. The lowest BCUT2D eigenvalue weighted by Gasteiger charge is -2.17. The quantitative estimate of drug-likeness (QED) is 0.0710. The fourth-order valence-corrected chi connectivity index (χ4v) is 5.94. The Kier molecular flexibility index (Phi) is 14.4. The average molecular weight is 724 g/mol. The molecule has 0 bridgehead atoms. The van der Waals surface area contributed by atoms with Crippen LogP contribution in [0.5, 0.6) is 11.8 Å². The monoisotopic (exact) mass is 722 g/mol. The maximum absolute atomic E-state index is 10.7. The van der Waals surface area contributed by atoms with Crippen molar-refractivity contribution >= 4 is 35.1 Å². The van der Waals surface area contributed by atoms with Crippen molar-refractivity contribution in [2.75, 3.05) is 13.1 Å². The predicted octanol–water partition coefficient (Wildman–Crippen LogP) is 7.75. The Morgan fingerprint density at radius 3 is 1.44 bits per heavy atom. The molecule has 0 aliphatic rings. The number of aliphatic carboxylic acids is 2. The number of aromatic nitrogens is 2. The van der Waals surface area contributed by atoms with E-state index in [0.29, 0.717) is 60.8 Å². The fraction of sp³-hybridized carbons (Fsp3) is 0.368. The summed E-state index contributed by atoms with van der Waals surface area (Å²) in [6.45, 7) is 10.8. The van der Waals surface area contributed by atoms with E-state index in [9.17, 15) is 9.59 Å². The molecule has 4 N–H and O–H groups in total. The molecule has 2 heterocycles. The number of benzene rings is 2. The first-order valence-corrected chi connectivity index (χ1v) is 17.3. The summed E-state index contributed by atoms with van der Waals surface area (Å²) in [5, 5.41) is 24.9. The molecular formula is C38H44Cl2N4O6. The van der Waals surface area contributed by atoms with Gasteiger partial charge < -0.3 is 30.3 Å². The Bertz CT molecular complexity index is 1690. The molecule has 4 rings (SSSR count). The molecule has 0 radical (unpaired) electrons. The van der Waals surface area contributed by atoms with Crippen LogP contribution in [-0.4, -0.2) is 45.2 Å². The number of hydrogen-bond acceptors (Lipinski definition) is 8. The van der Waals surface area contributed by atoms with Gasteiger partial charge in [0.05, 0.1) is 0 Å². The molecule has 266 valence electrons. The number of halogens is 2. The molecule has 0 saturated heterocycles. The minimum atomic E-state index is -0.806. The summed E-state index contributed by atoms with van der Waals surface area (Å²) in [5.41, 5.74) is 9.78. The lowest BCUT2D eigenvalue weighted by Crippen LogP contribution is -2.17. The van der Waals surface area contributed by atoms with Crippen LogP contribution in [0.3, 0.4) is 0 Å². The minimum Gasteiger partial charge on any atom is -0.481 e. The van der Waals surface area contributed by atoms with Crippen molar-refractivity contribution in [3.8, 4) is 22.9 Å². The Morgan fingerprint density at radius 1 is 0.660 bits per heavy atom. The van der Waals surface area contributed by atoms with Gasteiger partial charge in [0, 0.05) is 37.3 Å². The van der Waals surface area contributed by atoms with Crippen LogP contribution in [0.4, 0.5) is 0 Å². The first kappa shape index (κ1) is 38.6. The van der Waals surface area contributed by atoms with Crippen LogP contribution in [0, 0.1) is 27.7 Å². The number of ether oxygens (including phenoxy) is 2. The van der Waals surface area contributed by atoms with E-state index in [1.807, 2.05) is 50.2 Å². The van der Waals surface area contributed by atoms with Gasteiger partial charge in [-0.1, -0.05) is 59.6 Å². The first-order chi connectivity index (χ1) is 23.9. The van der Waals surface area contributed by atoms with Crippen LogP contribution < -0.4 is 20.1 Å². The molecule has 12 heteroatoms. The van der Waals surface area contributed by atoms with Gasteiger partial charge in [-0.2, -0.15) is 0 Å². The Hall–Kier alpha value is -4.22. The van der Waals surface area contributed by atoms with Gasteiger partial charge in [0.15, 0.2) is 0 Å². The van der Waals surface area contributed by atoms with Crippen LogP contribution in [0.25, 0.3) is 11.1 Å². The van der Waals surface area contributed by atoms with Crippen molar-refractivity contribution in [1.29, 1.82) is 0 Å². The standard InChI is InChI=1S/C38H44Cl2N4O6/c1-23-27(21-49-37-33(39)17-29(25(3)43-37)19-41-15-7-13-35(45)46)9-5-11-31(23)32-12-6-10-28(24(32)2)22-50-38-34(40)18-30(26(4)44-38)20-42-16-8-14-36(47)48/h5-6,9-12,17-18,41-42H,7-8,13-16,19-22H2,1-4H3,(H,45,46)(H,47,48). The highest BCUT2D eigenvalue weighted by Crippen LogP contribution is 2.33. The van der Waals surface area contributed by atoms with Crippen molar-refractivity contribution < 1.29 is 29.3 Å². The van der Waals surface area contributed by atoms with Crippen molar-refractivity contribution in [1.82, 2.24) is 20.6 Å². The minimum absolute atomic E-state index is 0.125. The maximum atomic E-state index is 10.7. The van der Waals surface area contributed by atoms with Gasteiger partial charge >= 0.3 is 11.9 Å². The second-order valence-corrected chi connectivity index (χ2v) is 13.0. The molecule has 0 atom stereocenters. The molecule has 0 saturated carbocycles. The fourth-order valence-electron chi connectivity index (χ4n) is 5.48. The van der Waals surface area contributed by atoms with Gasteiger partial charge in [-0.25, -0.2) is 9.97 Å². The van der Waals surface area contributed by atoms with Crippen LogP contribution >= 0.6 is 23.2 Å². The molecular weight excluding hydrogens is 679 g/mol. The molecule has 0 spiro atoms. The molecule has 0 aliphatic heterocycles. The number of carboxylic acid groups (broad SMARTS) is 2.